The molecule has 7 unspecified atom stereocenters. The Balaban J connectivity index is 0.000000243. The Morgan fingerprint density at radius 1 is 0.636 bits per heavy atom. The zero-order chi connectivity index (χ0) is 40.5. The van der Waals surface area contributed by atoms with Crippen molar-refractivity contribution in [2.24, 2.45) is 0 Å². The lowest BCUT2D eigenvalue weighted by molar-refractivity contribution is -0.224. The highest BCUT2D eigenvalue weighted by atomic mass is 16.7. The van der Waals surface area contributed by atoms with Crippen molar-refractivity contribution in [2.45, 2.75) is 141 Å². The first-order valence-corrected chi connectivity index (χ1v) is 19.8. The van der Waals surface area contributed by atoms with Crippen molar-refractivity contribution < 1.29 is 63.4 Å². The molecule has 0 radical (unpaired) electrons. The van der Waals surface area contributed by atoms with Gasteiger partial charge in [0.25, 0.3) is 0 Å². The first-order chi connectivity index (χ1) is 26.4. The molecule has 2 aromatic carbocycles. The van der Waals surface area contributed by atoms with Gasteiger partial charge >= 0.3 is 0 Å². The number of ether oxygens (including phenoxy) is 8. The predicted molar refractivity (Wildman–Crippen MR) is 208 cm³/mol. The van der Waals surface area contributed by atoms with Crippen molar-refractivity contribution in [2.75, 3.05) is 52.9 Å². The molecule has 0 amide bonds. The van der Waals surface area contributed by atoms with Crippen LogP contribution in [0.1, 0.15) is 110 Å². The minimum Gasteiger partial charge on any atom is -0.396 e. The summed E-state index contributed by atoms with van der Waals surface area (Å²) in [6, 6.07) is 19.9. The van der Waals surface area contributed by atoms with Gasteiger partial charge in [0.2, 0.25) is 0 Å². The minimum atomic E-state index is -0.745. The van der Waals surface area contributed by atoms with Crippen molar-refractivity contribution in [1.29, 1.82) is 0 Å². The summed E-state index contributed by atoms with van der Waals surface area (Å²) in [7, 11) is 0. The van der Waals surface area contributed by atoms with Crippen LogP contribution in [0.5, 0.6) is 0 Å². The van der Waals surface area contributed by atoms with Crippen molar-refractivity contribution in [3.8, 4) is 0 Å². The summed E-state index contributed by atoms with van der Waals surface area (Å²) in [5.41, 5.74) is 2.12. The second-order valence-electron chi connectivity index (χ2n) is 14.5. The molecule has 13 nitrogen and oxygen atoms in total. The maximum absolute atomic E-state index is 8.98. The van der Waals surface area contributed by atoms with Gasteiger partial charge in [-0.3, -0.25) is 0 Å². The van der Waals surface area contributed by atoms with Crippen LogP contribution in [0.3, 0.4) is 0 Å². The fourth-order valence-corrected chi connectivity index (χ4v) is 5.70. The molecule has 13 heteroatoms. The van der Waals surface area contributed by atoms with Crippen molar-refractivity contribution in [1.82, 2.24) is 0 Å². The van der Waals surface area contributed by atoms with Gasteiger partial charge in [0.15, 0.2) is 24.2 Å². The van der Waals surface area contributed by atoms with E-state index in [1.165, 1.54) is 6.42 Å². The Kier molecular flexibility index (Phi) is 24.6. The third-order valence-electron chi connectivity index (χ3n) is 8.72. The largest absolute Gasteiger partial charge is 0.396 e. The van der Waals surface area contributed by atoms with Crippen LogP contribution in [0, 0.1) is 0 Å². The van der Waals surface area contributed by atoms with Crippen molar-refractivity contribution in [3.63, 3.8) is 0 Å². The third kappa shape index (κ3) is 20.8. The van der Waals surface area contributed by atoms with Gasteiger partial charge in [-0.2, -0.15) is 0 Å². The number of aliphatic hydroxyl groups is 5. The van der Waals surface area contributed by atoms with Gasteiger partial charge in [-0.15, -0.1) is 0 Å². The van der Waals surface area contributed by atoms with Crippen LogP contribution in [0.15, 0.2) is 60.7 Å². The van der Waals surface area contributed by atoms with Gasteiger partial charge in [-0.1, -0.05) is 80.9 Å². The van der Waals surface area contributed by atoms with E-state index in [1.54, 1.807) is 0 Å². The number of benzene rings is 2. The number of hydrogen-bond donors (Lipinski definition) is 5. The third-order valence-corrected chi connectivity index (χ3v) is 8.72. The van der Waals surface area contributed by atoms with E-state index >= 15 is 0 Å². The molecule has 55 heavy (non-hydrogen) atoms. The second kappa shape index (κ2) is 27.5. The summed E-state index contributed by atoms with van der Waals surface area (Å²) in [5, 5.41) is 42.2. The Morgan fingerprint density at radius 2 is 1.11 bits per heavy atom. The molecule has 2 aromatic rings. The van der Waals surface area contributed by atoms with E-state index in [4.69, 9.17) is 63.4 Å². The lowest BCUT2D eigenvalue weighted by Crippen LogP contribution is -2.29. The standard InChI is InChI=1S/C12H16O2.C11H14O3.C8H16O2.C7H14O3.C4H10O3/c1-2-11-8-9-13-12(14-11)10-6-4-3-5-7-10;12-8-10-6-7-13-11(14-10)9-4-2-1-3-5-9;1-4-5-7-6-9-8(2,3)10-7;1-7(2)9-5-6(10-7)3-4-8;5-2-1-4(7)3-6/h3-7,11-12H,2,8-9H2,1H3;1-5,10-12H,6-8H2;7H,4-6H2,1-3H3;6,8H,3-5H2,1-2H3;4-7H,1-3H2. The monoisotopic (exact) mass is 782 g/mol. The molecule has 4 saturated heterocycles. The predicted octanol–water partition coefficient (Wildman–Crippen LogP) is 5.56. The number of hydrogen-bond acceptors (Lipinski definition) is 13. The lowest BCUT2D eigenvalue weighted by atomic mass is 10.1. The smallest absolute Gasteiger partial charge is 0.184 e. The molecule has 0 aromatic heterocycles. The molecule has 4 aliphatic heterocycles. The van der Waals surface area contributed by atoms with Crippen LogP contribution in [0.25, 0.3) is 0 Å². The zero-order valence-corrected chi connectivity index (χ0v) is 33.9. The Hall–Kier alpha value is -2.08. The van der Waals surface area contributed by atoms with E-state index in [0.717, 1.165) is 50.0 Å². The van der Waals surface area contributed by atoms with Gasteiger partial charge in [0.1, 0.15) is 0 Å². The van der Waals surface area contributed by atoms with Crippen LogP contribution in [-0.2, 0) is 37.9 Å². The van der Waals surface area contributed by atoms with E-state index < -0.39 is 11.9 Å². The molecule has 0 saturated carbocycles. The fourth-order valence-electron chi connectivity index (χ4n) is 5.70. The highest BCUT2D eigenvalue weighted by Gasteiger charge is 2.32. The molecule has 4 aliphatic rings. The Morgan fingerprint density at radius 3 is 1.47 bits per heavy atom. The van der Waals surface area contributed by atoms with Crippen LogP contribution >= 0.6 is 0 Å². The quantitative estimate of drug-likeness (QED) is 0.192. The van der Waals surface area contributed by atoms with E-state index in [2.05, 4.69) is 13.8 Å². The minimum absolute atomic E-state index is 0.0622. The van der Waals surface area contributed by atoms with E-state index in [0.29, 0.717) is 31.8 Å². The summed E-state index contributed by atoms with van der Waals surface area (Å²) in [6.07, 6.45) is 5.52. The summed E-state index contributed by atoms with van der Waals surface area (Å²) >= 11 is 0. The molecule has 4 fully saturated rings. The molecule has 5 N–H and O–H groups in total. The number of aliphatic hydroxyl groups excluding tert-OH is 5. The van der Waals surface area contributed by atoms with Gasteiger partial charge in [0.05, 0.1) is 70.2 Å². The zero-order valence-electron chi connectivity index (χ0n) is 33.9. The maximum Gasteiger partial charge on any atom is 0.184 e. The first kappa shape index (κ1) is 49.1. The summed E-state index contributed by atoms with van der Waals surface area (Å²) < 4.78 is 44.0. The maximum atomic E-state index is 8.98. The van der Waals surface area contributed by atoms with Gasteiger partial charge in [-0.05, 0) is 66.2 Å². The molecular formula is C42H70O13. The number of rotatable bonds is 11. The topological polar surface area (TPSA) is 175 Å². The molecule has 4 heterocycles. The van der Waals surface area contributed by atoms with E-state index in [-0.39, 0.29) is 63.4 Å². The normalized spacial score (nSPS) is 27.0. The Labute approximate surface area is 328 Å². The molecule has 0 spiro atoms. The fraction of sp³-hybridized carbons (Fsp3) is 0.714. The molecule has 7 atom stereocenters. The summed E-state index contributed by atoms with van der Waals surface area (Å²) in [5.74, 6) is -0.778. The highest BCUT2D eigenvalue weighted by molar-refractivity contribution is 5.17. The first-order valence-electron chi connectivity index (χ1n) is 19.8. The highest BCUT2D eigenvalue weighted by Crippen LogP contribution is 2.28. The van der Waals surface area contributed by atoms with Crippen LogP contribution in [-0.4, -0.2) is 120 Å². The van der Waals surface area contributed by atoms with Gasteiger partial charge in [0, 0.05) is 24.3 Å². The molecule has 6 rings (SSSR count). The molecular weight excluding hydrogens is 712 g/mol. The SMILES string of the molecule is CC1(C)OCC(CCO)O1.CCC1CCOC(c2ccccc2)O1.CCCC1COC(C)(C)O1.OCC1CCOC(c2ccccc2)O1.OCCC(O)CO. The molecule has 0 bridgehead atoms. The average Bonchev–Trinajstić information content (AvgIpc) is 3.75. The van der Waals surface area contributed by atoms with Gasteiger partial charge in [-0.25, -0.2) is 0 Å². The summed E-state index contributed by atoms with van der Waals surface area (Å²) in [4.78, 5) is 0. The van der Waals surface area contributed by atoms with Gasteiger partial charge < -0.3 is 63.4 Å². The molecule has 316 valence electrons. The Bertz CT molecular complexity index is 1110. The molecule has 0 aliphatic carbocycles. The van der Waals surface area contributed by atoms with E-state index in [1.807, 2.05) is 88.4 Å². The van der Waals surface area contributed by atoms with Crippen LogP contribution < -0.4 is 0 Å². The van der Waals surface area contributed by atoms with Crippen LogP contribution in [0.2, 0.25) is 0 Å². The van der Waals surface area contributed by atoms with E-state index in [9.17, 15) is 0 Å². The lowest BCUT2D eigenvalue weighted by Gasteiger charge is -2.29. The van der Waals surface area contributed by atoms with Crippen molar-refractivity contribution in [3.05, 3.63) is 71.8 Å². The van der Waals surface area contributed by atoms with Crippen LogP contribution in [0.4, 0.5) is 0 Å². The average molecular weight is 783 g/mol. The summed E-state index contributed by atoms with van der Waals surface area (Å²) in [6.45, 7) is 14.7. The van der Waals surface area contributed by atoms with Crippen molar-refractivity contribution >= 4 is 0 Å². The second-order valence-corrected chi connectivity index (χ2v) is 14.5.